The third-order valence-electron chi connectivity index (χ3n) is 5.09. The highest BCUT2D eigenvalue weighted by molar-refractivity contribution is 6.86. The van der Waals surface area contributed by atoms with Crippen molar-refractivity contribution in [2.24, 2.45) is 5.92 Å². The van der Waals surface area contributed by atoms with Crippen LogP contribution < -0.4 is 0 Å². The van der Waals surface area contributed by atoms with E-state index in [1.165, 1.54) is 5.20 Å². The molecule has 0 aromatic rings. The predicted molar refractivity (Wildman–Crippen MR) is 102 cm³/mol. The fraction of sp³-hybridized carbons (Fsp3) is 0.850. The molecule has 1 N–H and O–H groups in total. The molecular weight excluding hydrogens is 300 g/mol. The molecule has 0 bridgehead atoms. The predicted octanol–water partition coefficient (Wildman–Crippen LogP) is 5.76. The topological polar surface area (TPSA) is 29.5 Å². The lowest BCUT2D eigenvalue weighted by atomic mass is 9.96. The summed E-state index contributed by atoms with van der Waals surface area (Å²) in [5.41, 5.74) is 3.66. The molecule has 0 saturated carbocycles. The molecule has 0 spiro atoms. The second-order valence-corrected chi connectivity index (χ2v) is 14.2. The summed E-state index contributed by atoms with van der Waals surface area (Å²) in [5, 5.41) is 12.1. The number of rotatable bonds is 4. The van der Waals surface area contributed by atoms with Crippen LogP contribution in [0, 0.1) is 5.92 Å². The van der Waals surface area contributed by atoms with Gasteiger partial charge in [0, 0.05) is 5.92 Å². The van der Waals surface area contributed by atoms with Crippen LogP contribution in [0.3, 0.4) is 0 Å². The molecule has 1 aliphatic heterocycles. The first-order valence-electron chi connectivity index (χ1n) is 9.30. The van der Waals surface area contributed by atoms with Crippen molar-refractivity contribution < 1.29 is 9.53 Å². The molecular formula is C20H38O2Si. The molecule has 1 heterocycles. The molecule has 0 unspecified atom stereocenters. The average Bonchev–Trinajstić information content (AvgIpc) is 2.40. The van der Waals surface area contributed by atoms with Crippen LogP contribution in [0.5, 0.6) is 0 Å². The minimum absolute atomic E-state index is 0.0692. The fourth-order valence-corrected chi connectivity index (χ4v) is 10.9. The van der Waals surface area contributed by atoms with E-state index >= 15 is 0 Å². The number of aliphatic hydroxyl groups excluding tert-OH is 1. The zero-order chi connectivity index (χ0) is 17.9. The van der Waals surface area contributed by atoms with Crippen molar-refractivity contribution in [1.82, 2.24) is 0 Å². The molecule has 0 amide bonds. The average molecular weight is 339 g/mol. The highest BCUT2D eigenvalue weighted by Gasteiger charge is 2.61. The standard InChI is InChI=1S/C20H38O2Si/c1-9-11-12-14-18-16(13-10-2)17(21)15-22-23(18,19(3,4)5)20(6,7)8/h12,16-17,21H,9-11,13,15H2,1-8H3/t14?,16-,17+/m1/s1. The van der Waals surface area contributed by atoms with Crippen LogP contribution in [0.15, 0.2) is 17.0 Å². The van der Waals surface area contributed by atoms with Gasteiger partial charge in [-0.1, -0.05) is 68.2 Å². The Hall–Kier alpha value is -0.343. The van der Waals surface area contributed by atoms with Gasteiger partial charge < -0.3 is 9.53 Å². The summed E-state index contributed by atoms with van der Waals surface area (Å²) in [6.45, 7) is 18.7. The van der Waals surface area contributed by atoms with Crippen LogP contribution in [-0.2, 0) is 4.43 Å². The van der Waals surface area contributed by atoms with Crippen LogP contribution >= 0.6 is 0 Å². The van der Waals surface area contributed by atoms with E-state index < -0.39 is 14.4 Å². The Labute approximate surface area is 145 Å². The van der Waals surface area contributed by atoms with Crippen LogP contribution in [0.4, 0.5) is 0 Å². The van der Waals surface area contributed by atoms with Gasteiger partial charge >= 0.3 is 0 Å². The van der Waals surface area contributed by atoms with Crippen molar-refractivity contribution in [2.75, 3.05) is 6.61 Å². The molecule has 0 radical (unpaired) electrons. The van der Waals surface area contributed by atoms with Gasteiger partial charge in [-0.15, -0.1) is 5.73 Å². The molecule has 1 rings (SSSR count). The van der Waals surface area contributed by atoms with E-state index in [-0.39, 0.29) is 16.0 Å². The van der Waals surface area contributed by atoms with Crippen LogP contribution in [0.25, 0.3) is 0 Å². The Morgan fingerprint density at radius 2 is 1.70 bits per heavy atom. The first-order chi connectivity index (χ1) is 10.5. The summed E-state index contributed by atoms with van der Waals surface area (Å²) < 4.78 is 6.60. The van der Waals surface area contributed by atoms with Crippen molar-refractivity contribution in [3.63, 3.8) is 0 Å². The zero-order valence-electron chi connectivity index (χ0n) is 16.6. The quantitative estimate of drug-likeness (QED) is 0.521. The lowest BCUT2D eigenvalue weighted by molar-refractivity contribution is 0.0404. The first kappa shape index (κ1) is 20.7. The Kier molecular flexibility index (Phi) is 6.92. The second-order valence-electron chi connectivity index (χ2n) is 9.01. The van der Waals surface area contributed by atoms with E-state index in [1.807, 2.05) is 0 Å². The van der Waals surface area contributed by atoms with E-state index in [0.717, 1.165) is 25.7 Å². The lowest BCUT2D eigenvalue weighted by Crippen LogP contribution is -2.62. The van der Waals surface area contributed by atoms with Gasteiger partial charge in [-0.05, 0) is 34.2 Å². The smallest absolute Gasteiger partial charge is 0.238 e. The minimum Gasteiger partial charge on any atom is -0.408 e. The maximum absolute atomic E-state index is 10.6. The SMILES string of the molecule is CCCC=C=C1[C@H](CCC)[C@@H](O)CO[Si]1(C(C)(C)C)C(C)(C)C. The van der Waals surface area contributed by atoms with Gasteiger partial charge in [0.1, 0.15) is 0 Å². The Balaban J connectivity index is 3.60. The summed E-state index contributed by atoms with van der Waals surface area (Å²) in [7, 11) is -2.29. The Morgan fingerprint density at radius 3 is 2.13 bits per heavy atom. The number of aliphatic hydroxyl groups is 1. The van der Waals surface area contributed by atoms with E-state index in [1.54, 1.807) is 0 Å². The molecule has 1 fully saturated rings. The normalized spacial score (nSPS) is 25.2. The zero-order valence-corrected chi connectivity index (χ0v) is 17.6. The van der Waals surface area contributed by atoms with Gasteiger partial charge in [0.05, 0.1) is 12.7 Å². The summed E-state index contributed by atoms with van der Waals surface area (Å²) in [6, 6.07) is 0. The van der Waals surface area contributed by atoms with Gasteiger partial charge in [0.15, 0.2) is 0 Å². The summed E-state index contributed by atoms with van der Waals surface area (Å²) in [4.78, 5) is 0. The molecule has 0 aromatic carbocycles. The van der Waals surface area contributed by atoms with E-state index in [0.29, 0.717) is 6.61 Å². The molecule has 1 aliphatic rings. The van der Waals surface area contributed by atoms with Crippen molar-refractivity contribution in [3.8, 4) is 0 Å². The van der Waals surface area contributed by atoms with Crippen molar-refractivity contribution in [1.29, 1.82) is 0 Å². The fourth-order valence-electron chi connectivity index (χ4n) is 4.41. The third-order valence-corrected chi connectivity index (χ3v) is 11.2. The first-order valence-corrected chi connectivity index (χ1v) is 11.2. The lowest BCUT2D eigenvalue weighted by Gasteiger charge is -2.56. The van der Waals surface area contributed by atoms with Gasteiger partial charge in [-0.3, -0.25) is 0 Å². The molecule has 3 heteroatoms. The van der Waals surface area contributed by atoms with Crippen molar-refractivity contribution >= 4 is 8.32 Å². The van der Waals surface area contributed by atoms with E-state index in [2.05, 4.69) is 67.2 Å². The Bertz CT molecular complexity index is 433. The Morgan fingerprint density at radius 1 is 1.13 bits per heavy atom. The monoisotopic (exact) mass is 338 g/mol. The maximum Gasteiger partial charge on any atom is 0.238 e. The molecule has 2 nitrogen and oxygen atoms in total. The molecule has 23 heavy (non-hydrogen) atoms. The molecule has 1 saturated heterocycles. The van der Waals surface area contributed by atoms with E-state index in [9.17, 15) is 5.11 Å². The van der Waals surface area contributed by atoms with Crippen molar-refractivity contribution in [3.05, 3.63) is 17.0 Å². The number of unbranched alkanes of at least 4 members (excludes halogenated alkanes) is 1. The number of hydrogen-bond acceptors (Lipinski definition) is 2. The van der Waals surface area contributed by atoms with Crippen LogP contribution in [-0.4, -0.2) is 26.1 Å². The largest absolute Gasteiger partial charge is 0.408 e. The van der Waals surface area contributed by atoms with E-state index in [4.69, 9.17) is 4.43 Å². The van der Waals surface area contributed by atoms with Gasteiger partial charge in [0.25, 0.3) is 0 Å². The van der Waals surface area contributed by atoms with Crippen LogP contribution in [0.1, 0.15) is 81.1 Å². The maximum atomic E-state index is 10.6. The van der Waals surface area contributed by atoms with Gasteiger partial charge in [-0.2, -0.15) is 0 Å². The van der Waals surface area contributed by atoms with Crippen LogP contribution in [0.2, 0.25) is 10.1 Å². The minimum atomic E-state index is -2.29. The summed E-state index contributed by atoms with van der Waals surface area (Å²) >= 11 is 0. The molecule has 0 aromatic heterocycles. The molecule has 0 aliphatic carbocycles. The molecule has 134 valence electrons. The number of hydrogen-bond donors (Lipinski definition) is 1. The van der Waals surface area contributed by atoms with Gasteiger partial charge in [-0.25, -0.2) is 0 Å². The summed E-state index contributed by atoms with van der Waals surface area (Å²) in [5.74, 6) is 0.201. The highest BCUT2D eigenvalue weighted by Crippen LogP contribution is 2.58. The van der Waals surface area contributed by atoms with Crippen molar-refractivity contribution in [2.45, 2.75) is 97.3 Å². The second kappa shape index (κ2) is 7.69. The highest BCUT2D eigenvalue weighted by atomic mass is 28.4. The molecule has 2 atom stereocenters. The third kappa shape index (κ3) is 4.01. The summed E-state index contributed by atoms with van der Waals surface area (Å²) in [6.07, 6.45) is 6.06. The van der Waals surface area contributed by atoms with Gasteiger partial charge in [0.2, 0.25) is 8.32 Å².